The number of ether oxygens (including phenoxy) is 1. The van der Waals surface area contributed by atoms with E-state index in [4.69, 9.17) is 4.74 Å². The molecule has 5 rings (SSSR count). The Morgan fingerprint density at radius 3 is 2.40 bits per heavy atom. The summed E-state index contributed by atoms with van der Waals surface area (Å²) in [4.78, 5) is 15.1. The second-order valence-corrected chi connectivity index (χ2v) is 8.61. The standard InChI is InChI=1S/C27H28N6O2/c1-35-22-11-7-9-20(17-22)24-18-25(31-30-24)27(34)28-21-10-6-8-19(16-21)23-12-13-26(32-29-23)33-14-4-2-3-5-15-33/h6-13,16-18H,2-5,14-15H2,1H3,(H,28,34)(H,30,31). The molecule has 8 nitrogen and oxygen atoms in total. The van der Waals surface area contributed by atoms with E-state index in [-0.39, 0.29) is 5.91 Å². The highest BCUT2D eigenvalue weighted by atomic mass is 16.5. The first-order chi connectivity index (χ1) is 17.2. The van der Waals surface area contributed by atoms with Gasteiger partial charge in [-0.2, -0.15) is 5.10 Å². The number of rotatable bonds is 6. The zero-order chi connectivity index (χ0) is 24.0. The third-order valence-corrected chi connectivity index (χ3v) is 6.18. The van der Waals surface area contributed by atoms with Gasteiger partial charge < -0.3 is 15.0 Å². The first-order valence-electron chi connectivity index (χ1n) is 11.9. The van der Waals surface area contributed by atoms with Crippen molar-refractivity contribution in [2.45, 2.75) is 25.7 Å². The van der Waals surface area contributed by atoms with Gasteiger partial charge in [0.05, 0.1) is 18.5 Å². The summed E-state index contributed by atoms with van der Waals surface area (Å²) in [6, 6.07) is 20.9. The number of nitrogens with one attached hydrogen (secondary N) is 2. The smallest absolute Gasteiger partial charge is 0.273 e. The van der Waals surface area contributed by atoms with Crippen molar-refractivity contribution in [3.8, 4) is 28.3 Å². The Labute approximate surface area is 204 Å². The van der Waals surface area contributed by atoms with Gasteiger partial charge in [-0.05, 0) is 55.3 Å². The molecule has 2 aromatic carbocycles. The van der Waals surface area contributed by atoms with E-state index < -0.39 is 0 Å². The quantitative estimate of drug-likeness (QED) is 0.405. The molecule has 0 bridgehead atoms. The molecule has 35 heavy (non-hydrogen) atoms. The Bertz CT molecular complexity index is 1290. The Balaban J connectivity index is 1.28. The van der Waals surface area contributed by atoms with E-state index in [1.807, 2.05) is 60.7 Å². The number of aromatic nitrogens is 4. The van der Waals surface area contributed by atoms with Crippen LogP contribution in [0.3, 0.4) is 0 Å². The van der Waals surface area contributed by atoms with Crippen molar-refractivity contribution in [2.24, 2.45) is 0 Å². The molecule has 1 aliphatic heterocycles. The van der Waals surface area contributed by atoms with Crippen LogP contribution in [0.4, 0.5) is 11.5 Å². The van der Waals surface area contributed by atoms with Crippen LogP contribution in [0.2, 0.25) is 0 Å². The largest absolute Gasteiger partial charge is 0.497 e. The van der Waals surface area contributed by atoms with Crippen molar-refractivity contribution in [1.29, 1.82) is 0 Å². The van der Waals surface area contributed by atoms with Gasteiger partial charge in [-0.3, -0.25) is 9.89 Å². The maximum Gasteiger partial charge on any atom is 0.273 e. The van der Waals surface area contributed by atoms with Crippen LogP contribution in [-0.4, -0.2) is 46.5 Å². The Morgan fingerprint density at radius 1 is 0.886 bits per heavy atom. The molecule has 0 atom stereocenters. The van der Waals surface area contributed by atoms with Crippen molar-refractivity contribution < 1.29 is 9.53 Å². The van der Waals surface area contributed by atoms with Gasteiger partial charge in [0.15, 0.2) is 5.82 Å². The third-order valence-electron chi connectivity index (χ3n) is 6.18. The monoisotopic (exact) mass is 468 g/mol. The predicted octanol–water partition coefficient (Wildman–Crippen LogP) is 5.18. The Kier molecular flexibility index (Phi) is 6.70. The van der Waals surface area contributed by atoms with Crippen molar-refractivity contribution >= 4 is 17.4 Å². The normalized spacial score (nSPS) is 13.8. The minimum Gasteiger partial charge on any atom is -0.497 e. The molecule has 2 aromatic heterocycles. The highest BCUT2D eigenvalue weighted by Crippen LogP contribution is 2.25. The van der Waals surface area contributed by atoms with Gasteiger partial charge in [0, 0.05) is 29.9 Å². The van der Waals surface area contributed by atoms with E-state index in [1.165, 1.54) is 25.7 Å². The van der Waals surface area contributed by atoms with Crippen LogP contribution in [0.1, 0.15) is 36.2 Å². The number of H-pyrrole nitrogens is 1. The van der Waals surface area contributed by atoms with E-state index in [1.54, 1.807) is 13.2 Å². The molecule has 0 aliphatic carbocycles. The molecule has 3 heterocycles. The first-order valence-corrected chi connectivity index (χ1v) is 11.9. The van der Waals surface area contributed by atoms with Crippen molar-refractivity contribution in [1.82, 2.24) is 20.4 Å². The van der Waals surface area contributed by atoms with Gasteiger partial charge in [0.25, 0.3) is 5.91 Å². The number of anilines is 2. The van der Waals surface area contributed by atoms with Crippen LogP contribution in [-0.2, 0) is 0 Å². The molecule has 4 aromatic rings. The lowest BCUT2D eigenvalue weighted by atomic mass is 10.1. The molecular weight excluding hydrogens is 440 g/mol. The van der Waals surface area contributed by atoms with Crippen LogP contribution in [0.25, 0.3) is 22.5 Å². The fourth-order valence-corrected chi connectivity index (χ4v) is 4.27. The van der Waals surface area contributed by atoms with E-state index in [2.05, 4.69) is 30.6 Å². The molecule has 0 spiro atoms. The van der Waals surface area contributed by atoms with Gasteiger partial charge in [0.2, 0.25) is 0 Å². The zero-order valence-corrected chi connectivity index (χ0v) is 19.7. The molecule has 2 N–H and O–H groups in total. The van der Waals surface area contributed by atoms with Gasteiger partial charge in [-0.25, -0.2) is 0 Å². The zero-order valence-electron chi connectivity index (χ0n) is 19.7. The van der Waals surface area contributed by atoms with E-state index in [0.717, 1.165) is 41.5 Å². The number of carbonyl (C=O) groups is 1. The molecule has 1 aliphatic rings. The van der Waals surface area contributed by atoms with Gasteiger partial charge >= 0.3 is 0 Å². The number of hydrogen-bond acceptors (Lipinski definition) is 6. The molecule has 1 amide bonds. The SMILES string of the molecule is COc1cccc(-c2cc(C(=O)Nc3cccc(-c4ccc(N5CCCCCC5)nn4)c3)[nH]n2)c1. The molecular formula is C27H28N6O2. The first kappa shape index (κ1) is 22.6. The lowest BCUT2D eigenvalue weighted by molar-refractivity contribution is 0.102. The lowest BCUT2D eigenvalue weighted by Gasteiger charge is -2.20. The number of hydrogen-bond donors (Lipinski definition) is 2. The summed E-state index contributed by atoms with van der Waals surface area (Å²) in [5.74, 6) is 1.38. The highest BCUT2D eigenvalue weighted by Gasteiger charge is 2.14. The van der Waals surface area contributed by atoms with Gasteiger partial charge in [-0.15, -0.1) is 10.2 Å². The molecule has 0 unspecified atom stereocenters. The molecule has 178 valence electrons. The summed E-state index contributed by atoms with van der Waals surface area (Å²) in [6.45, 7) is 2.06. The summed E-state index contributed by atoms with van der Waals surface area (Å²) in [7, 11) is 1.62. The number of carbonyl (C=O) groups excluding carboxylic acids is 1. The van der Waals surface area contributed by atoms with Crippen molar-refractivity contribution in [3.63, 3.8) is 0 Å². The number of amides is 1. The molecule has 0 saturated carbocycles. The van der Waals surface area contributed by atoms with Crippen molar-refractivity contribution in [3.05, 3.63) is 72.4 Å². The van der Waals surface area contributed by atoms with Gasteiger partial charge in [-0.1, -0.05) is 37.1 Å². The summed E-state index contributed by atoms with van der Waals surface area (Å²) < 4.78 is 5.27. The number of nitrogens with zero attached hydrogens (tertiary/aromatic N) is 4. The van der Waals surface area contributed by atoms with Crippen LogP contribution in [0, 0.1) is 0 Å². The maximum atomic E-state index is 12.8. The Morgan fingerprint density at radius 2 is 1.66 bits per heavy atom. The minimum atomic E-state index is -0.272. The third kappa shape index (κ3) is 5.32. The molecule has 0 radical (unpaired) electrons. The van der Waals surface area contributed by atoms with Crippen LogP contribution < -0.4 is 15.0 Å². The molecule has 1 fully saturated rings. The molecule has 8 heteroatoms. The van der Waals surface area contributed by atoms with E-state index in [9.17, 15) is 4.79 Å². The summed E-state index contributed by atoms with van der Waals surface area (Å²) >= 11 is 0. The minimum absolute atomic E-state index is 0.272. The summed E-state index contributed by atoms with van der Waals surface area (Å²) in [5.41, 5.74) is 4.23. The fraction of sp³-hybridized carbons (Fsp3) is 0.259. The topological polar surface area (TPSA) is 96.0 Å². The van der Waals surface area contributed by atoms with Gasteiger partial charge in [0.1, 0.15) is 11.4 Å². The second kappa shape index (κ2) is 10.4. The predicted molar refractivity (Wildman–Crippen MR) is 137 cm³/mol. The van der Waals surface area contributed by atoms with Crippen LogP contribution in [0.15, 0.2) is 66.7 Å². The van der Waals surface area contributed by atoms with Crippen molar-refractivity contribution in [2.75, 3.05) is 30.4 Å². The summed E-state index contributed by atoms with van der Waals surface area (Å²) in [5, 5.41) is 19.0. The fourth-order valence-electron chi connectivity index (χ4n) is 4.27. The lowest BCUT2D eigenvalue weighted by Crippen LogP contribution is -2.25. The number of aromatic amines is 1. The van der Waals surface area contributed by atoms with Crippen LogP contribution in [0.5, 0.6) is 5.75 Å². The average Bonchev–Trinajstić information content (AvgIpc) is 3.25. The van der Waals surface area contributed by atoms with E-state index in [0.29, 0.717) is 17.1 Å². The van der Waals surface area contributed by atoms with E-state index >= 15 is 0 Å². The number of methoxy groups -OCH3 is 1. The molecule has 1 saturated heterocycles. The highest BCUT2D eigenvalue weighted by molar-refractivity contribution is 6.03. The van der Waals surface area contributed by atoms with Crippen LogP contribution >= 0.6 is 0 Å². The Hall–Kier alpha value is -4.20. The summed E-state index contributed by atoms with van der Waals surface area (Å²) in [6.07, 6.45) is 4.95. The maximum absolute atomic E-state index is 12.8. The average molecular weight is 469 g/mol. The number of benzene rings is 2. The second-order valence-electron chi connectivity index (χ2n) is 8.61.